The number of aryl methyl sites for hydroxylation is 1. The molecule has 0 bridgehead atoms. The van der Waals surface area contributed by atoms with Crippen molar-refractivity contribution < 1.29 is 9.21 Å². The summed E-state index contributed by atoms with van der Waals surface area (Å²) in [6.45, 7) is 3.77. The molecule has 0 aliphatic heterocycles. The van der Waals surface area contributed by atoms with E-state index in [-0.39, 0.29) is 6.03 Å². The third kappa shape index (κ3) is 3.71. The molecule has 0 aliphatic carbocycles. The lowest BCUT2D eigenvalue weighted by atomic mass is 10.4. The first-order valence-corrected chi connectivity index (χ1v) is 6.53. The summed E-state index contributed by atoms with van der Waals surface area (Å²) >= 11 is 0. The van der Waals surface area contributed by atoms with Crippen LogP contribution in [0.1, 0.15) is 11.5 Å². The molecule has 20 heavy (non-hydrogen) atoms. The van der Waals surface area contributed by atoms with E-state index in [0.29, 0.717) is 13.1 Å². The van der Waals surface area contributed by atoms with Crippen LogP contribution < -0.4 is 0 Å². The topological polar surface area (TPSA) is 54.5 Å². The Hall–Kier alpha value is -2.08. The largest absolute Gasteiger partial charge is 0.464 e. The number of hydrogen-bond acceptors (Lipinski definition) is 4. The first-order chi connectivity index (χ1) is 9.56. The zero-order valence-corrected chi connectivity index (χ0v) is 12.1. The molecule has 0 unspecified atom stereocenters. The molecule has 0 radical (unpaired) electrons. The van der Waals surface area contributed by atoms with Gasteiger partial charge >= 0.3 is 6.03 Å². The molecule has 0 aromatic carbocycles. The summed E-state index contributed by atoms with van der Waals surface area (Å²) in [6, 6.07) is 3.71. The van der Waals surface area contributed by atoms with E-state index in [2.05, 4.69) is 4.98 Å². The molecule has 0 N–H and O–H groups in total. The molecule has 6 heteroatoms. The van der Waals surface area contributed by atoms with Crippen molar-refractivity contribution in [1.29, 1.82) is 0 Å². The minimum absolute atomic E-state index is 0.0987. The van der Waals surface area contributed by atoms with Crippen LogP contribution in [0.3, 0.4) is 0 Å². The third-order valence-electron chi connectivity index (χ3n) is 2.96. The number of carbonyl (C=O) groups excluding carboxylic acids is 1. The molecule has 2 rings (SSSR count). The van der Waals surface area contributed by atoms with E-state index in [1.807, 2.05) is 38.1 Å². The van der Waals surface area contributed by atoms with Crippen LogP contribution >= 0.6 is 0 Å². The van der Waals surface area contributed by atoms with Gasteiger partial charge in [-0.1, -0.05) is 0 Å². The van der Waals surface area contributed by atoms with Crippen LogP contribution in [0.2, 0.25) is 0 Å². The first kappa shape index (κ1) is 14.3. The van der Waals surface area contributed by atoms with Gasteiger partial charge in [-0.2, -0.15) is 0 Å². The maximum Gasteiger partial charge on any atom is 0.329 e. The lowest BCUT2D eigenvalue weighted by Gasteiger charge is -2.23. The second-order valence-corrected chi connectivity index (χ2v) is 4.99. The lowest BCUT2D eigenvalue weighted by molar-refractivity contribution is 0.185. The van der Waals surface area contributed by atoms with Gasteiger partial charge in [-0.3, -0.25) is 4.57 Å². The second kappa shape index (κ2) is 6.38. The Bertz CT molecular complexity index is 545. The van der Waals surface area contributed by atoms with Crippen molar-refractivity contribution in [1.82, 2.24) is 19.4 Å². The average Bonchev–Trinajstić information content (AvgIpc) is 3.04. The molecule has 0 spiro atoms. The van der Waals surface area contributed by atoms with Gasteiger partial charge in [0, 0.05) is 25.5 Å². The lowest BCUT2D eigenvalue weighted by Crippen LogP contribution is -2.38. The molecule has 2 aromatic rings. The maximum atomic E-state index is 12.4. The number of furan rings is 1. The normalized spacial score (nSPS) is 11.0. The van der Waals surface area contributed by atoms with Crippen LogP contribution in [0.4, 0.5) is 4.79 Å². The summed E-state index contributed by atoms with van der Waals surface area (Å²) in [4.78, 5) is 20.1. The maximum absolute atomic E-state index is 12.4. The Morgan fingerprint density at radius 3 is 2.70 bits per heavy atom. The van der Waals surface area contributed by atoms with E-state index in [1.165, 1.54) is 10.9 Å². The third-order valence-corrected chi connectivity index (χ3v) is 2.96. The van der Waals surface area contributed by atoms with Crippen molar-refractivity contribution in [3.8, 4) is 0 Å². The number of likely N-dealkylation sites (N-methyl/N-ethyl adjacent to an activating group) is 1. The number of aromatic nitrogens is 2. The quantitative estimate of drug-likeness (QED) is 0.836. The highest BCUT2D eigenvalue weighted by atomic mass is 16.3. The van der Waals surface area contributed by atoms with E-state index < -0.39 is 0 Å². The molecular weight excluding hydrogens is 256 g/mol. The molecule has 2 aromatic heterocycles. The molecule has 6 nitrogen and oxygen atoms in total. The van der Waals surface area contributed by atoms with Crippen LogP contribution in [-0.2, 0) is 6.54 Å². The van der Waals surface area contributed by atoms with Gasteiger partial charge < -0.3 is 14.2 Å². The minimum atomic E-state index is -0.0987. The van der Waals surface area contributed by atoms with Crippen molar-refractivity contribution in [2.24, 2.45) is 0 Å². The summed E-state index contributed by atoms with van der Waals surface area (Å²) in [7, 11) is 3.97. The van der Waals surface area contributed by atoms with Gasteiger partial charge in [0.15, 0.2) is 0 Å². The number of nitrogens with zero attached hydrogens (tertiary/aromatic N) is 4. The molecular formula is C14H20N4O2. The monoisotopic (exact) mass is 276 g/mol. The van der Waals surface area contributed by atoms with Gasteiger partial charge in [-0.05, 0) is 33.2 Å². The van der Waals surface area contributed by atoms with Crippen LogP contribution in [-0.4, -0.2) is 52.6 Å². The van der Waals surface area contributed by atoms with Crippen molar-refractivity contribution in [2.75, 3.05) is 27.2 Å². The van der Waals surface area contributed by atoms with E-state index in [1.54, 1.807) is 17.3 Å². The number of imidazole rings is 1. The summed E-state index contributed by atoms with van der Waals surface area (Å²) in [5, 5.41) is 0. The summed E-state index contributed by atoms with van der Waals surface area (Å²) in [5.74, 6) is 1.64. The predicted octanol–water partition coefficient (Wildman–Crippen LogP) is 1.82. The van der Waals surface area contributed by atoms with Gasteiger partial charge in [0.2, 0.25) is 0 Å². The van der Waals surface area contributed by atoms with E-state index in [0.717, 1.165) is 18.1 Å². The molecule has 0 saturated heterocycles. The van der Waals surface area contributed by atoms with Gasteiger partial charge in [0.25, 0.3) is 0 Å². The fourth-order valence-corrected chi connectivity index (χ4v) is 1.86. The van der Waals surface area contributed by atoms with Crippen molar-refractivity contribution >= 4 is 6.03 Å². The average molecular weight is 276 g/mol. The Morgan fingerprint density at radius 2 is 2.15 bits per heavy atom. The van der Waals surface area contributed by atoms with E-state index in [9.17, 15) is 4.79 Å². The van der Waals surface area contributed by atoms with Crippen LogP contribution in [0, 0.1) is 6.92 Å². The summed E-state index contributed by atoms with van der Waals surface area (Å²) < 4.78 is 7.03. The Kier molecular flexibility index (Phi) is 4.57. The highest BCUT2D eigenvalue weighted by Gasteiger charge is 2.17. The van der Waals surface area contributed by atoms with E-state index in [4.69, 9.17) is 4.42 Å². The summed E-state index contributed by atoms with van der Waals surface area (Å²) in [6.07, 6.45) is 4.76. The molecule has 0 aliphatic rings. The Morgan fingerprint density at radius 1 is 1.35 bits per heavy atom. The smallest absolute Gasteiger partial charge is 0.329 e. The molecule has 0 atom stereocenters. The first-order valence-electron chi connectivity index (χ1n) is 6.53. The van der Waals surface area contributed by atoms with Crippen molar-refractivity contribution in [3.05, 3.63) is 42.4 Å². The molecule has 0 fully saturated rings. The Labute approximate surface area is 118 Å². The zero-order chi connectivity index (χ0) is 14.5. The van der Waals surface area contributed by atoms with Gasteiger partial charge in [-0.15, -0.1) is 0 Å². The highest BCUT2D eigenvalue weighted by molar-refractivity contribution is 5.76. The Balaban J connectivity index is 2.09. The second-order valence-electron chi connectivity index (χ2n) is 4.99. The van der Waals surface area contributed by atoms with E-state index >= 15 is 0 Å². The number of hydrogen-bond donors (Lipinski definition) is 0. The fourth-order valence-electron chi connectivity index (χ4n) is 1.86. The SMILES string of the molecule is Cc1ccc(CN(CCN(C)C)C(=O)n2ccnc2)o1. The van der Waals surface area contributed by atoms with Gasteiger partial charge in [0.05, 0.1) is 6.54 Å². The number of amides is 1. The number of carbonyl (C=O) groups is 1. The van der Waals surface area contributed by atoms with Crippen molar-refractivity contribution in [2.45, 2.75) is 13.5 Å². The zero-order valence-electron chi connectivity index (χ0n) is 12.1. The molecule has 2 heterocycles. The molecule has 0 saturated carbocycles. The molecule has 1 amide bonds. The number of rotatable bonds is 5. The van der Waals surface area contributed by atoms with Gasteiger partial charge in [-0.25, -0.2) is 9.78 Å². The van der Waals surface area contributed by atoms with Crippen molar-refractivity contribution in [3.63, 3.8) is 0 Å². The standard InChI is InChI=1S/C14H20N4O2/c1-12-4-5-13(20-12)10-17(9-8-16(2)3)14(19)18-7-6-15-11-18/h4-7,11H,8-10H2,1-3H3. The van der Waals surface area contributed by atoms with Crippen LogP contribution in [0.5, 0.6) is 0 Å². The minimum Gasteiger partial charge on any atom is -0.464 e. The van der Waals surface area contributed by atoms with Crippen LogP contribution in [0.25, 0.3) is 0 Å². The fraction of sp³-hybridized carbons (Fsp3) is 0.429. The molecule has 108 valence electrons. The van der Waals surface area contributed by atoms with Crippen LogP contribution in [0.15, 0.2) is 35.3 Å². The highest BCUT2D eigenvalue weighted by Crippen LogP contribution is 2.10. The predicted molar refractivity (Wildman–Crippen MR) is 75.4 cm³/mol. The van der Waals surface area contributed by atoms with Gasteiger partial charge in [0.1, 0.15) is 17.8 Å². The summed E-state index contributed by atoms with van der Waals surface area (Å²) in [5.41, 5.74) is 0.